The molecule has 0 unspecified atom stereocenters. The van der Waals surface area contributed by atoms with Crippen LogP contribution < -0.4 is 5.32 Å². The molecule has 0 saturated heterocycles. The van der Waals surface area contributed by atoms with Gasteiger partial charge in [0.15, 0.2) is 0 Å². The molecule has 3 heteroatoms. The lowest BCUT2D eigenvalue weighted by Gasteiger charge is -2.39. The van der Waals surface area contributed by atoms with Gasteiger partial charge in [0.2, 0.25) is 0 Å². The number of amides is 1. The summed E-state index contributed by atoms with van der Waals surface area (Å²) in [5.41, 5.74) is 0.251. The van der Waals surface area contributed by atoms with Crippen molar-refractivity contribution in [2.24, 2.45) is 5.92 Å². The normalized spacial score (nSPS) is 27.5. The summed E-state index contributed by atoms with van der Waals surface area (Å²) >= 11 is 0. The number of aldehydes is 1. The van der Waals surface area contributed by atoms with Gasteiger partial charge >= 0.3 is 0 Å². The van der Waals surface area contributed by atoms with Gasteiger partial charge in [-0.25, -0.2) is 0 Å². The van der Waals surface area contributed by atoms with Gasteiger partial charge in [0.1, 0.15) is 6.29 Å². The third kappa shape index (κ3) is 2.61. The maximum Gasteiger partial charge on any atom is 0.251 e. The molecule has 2 atom stereocenters. The van der Waals surface area contributed by atoms with Gasteiger partial charge < -0.3 is 10.1 Å². The quantitative estimate of drug-likeness (QED) is 0.832. The van der Waals surface area contributed by atoms with E-state index in [0.29, 0.717) is 5.56 Å². The van der Waals surface area contributed by atoms with Crippen LogP contribution in [0.3, 0.4) is 0 Å². The van der Waals surface area contributed by atoms with Gasteiger partial charge in [0.05, 0.1) is 0 Å². The second-order valence-electron chi connectivity index (χ2n) is 5.23. The largest absolute Gasteiger partial charge is 0.346 e. The minimum absolute atomic E-state index is 0.0705. The Morgan fingerprint density at radius 3 is 2.72 bits per heavy atom. The highest BCUT2D eigenvalue weighted by Crippen LogP contribution is 2.32. The number of nitrogens with one attached hydrogen (secondary N) is 1. The molecular formula is C15H19NO2. The number of benzene rings is 1. The first-order valence-corrected chi connectivity index (χ1v) is 6.48. The maximum atomic E-state index is 12.2. The van der Waals surface area contributed by atoms with Crippen LogP contribution in [0.1, 0.15) is 43.0 Å². The summed E-state index contributed by atoms with van der Waals surface area (Å²) in [6, 6.07) is 9.15. The van der Waals surface area contributed by atoms with Crippen molar-refractivity contribution in [3.63, 3.8) is 0 Å². The lowest BCUT2D eigenvalue weighted by atomic mass is 9.74. The summed E-state index contributed by atoms with van der Waals surface area (Å²) in [5, 5.41) is 3.04. The molecule has 1 N–H and O–H groups in total. The van der Waals surface area contributed by atoms with Crippen LogP contribution in [-0.4, -0.2) is 17.7 Å². The van der Waals surface area contributed by atoms with E-state index in [1.54, 1.807) is 12.1 Å². The molecule has 0 aromatic heterocycles. The van der Waals surface area contributed by atoms with Gasteiger partial charge in [-0.2, -0.15) is 0 Å². The molecule has 0 bridgehead atoms. The SMILES string of the molecule is C[C@@]1(NC(=O)c2ccccc2)CCCC[C@@H]1C=O. The topological polar surface area (TPSA) is 46.2 Å². The van der Waals surface area contributed by atoms with Crippen LogP contribution in [0.5, 0.6) is 0 Å². The Kier molecular flexibility index (Phi) is 3.80. The van der Waals surface area contributed by atoms with E-state index in [1.807, 2.05) is 25.1 Å². The molecule has 0 aliphatic heterocycles. The van der Waals surface area contributed by atoms with Gasteiger partial charge in [0.25, 0.3) is 5.91 Å². The number of rotatable bonds is 3. The highest BCUT2D eigenvalue weighted by Gasteiger charge is 2.37. The zero-order valence-corrected chi connectivity index (χ0v) is 10.7. The van der Waals surface area contributed by atoms with E-state index in [0.717, 1.165) is 32.0 Å². The van der Waals surface area contributed by atoms with Crippen molar-refractivity contribution >= 4 is 12.2 Å². The fourth-order valence-electron chi connectivity index (χ4n) is 2.65. The second-order valence-corrected chi connectivity index (χ2v) is 5.23. The Hall–Kier alpha value is -1.64. The van der Waals surface area contributed by atoms with E-state index >= 15 is 0 Å². The molecule has 18 heavy (non-hydrogen) atoms. The van der Waals surface area contributed by atoms with Crippen LogP contribution in [-0.2, 0) is 4.79 Å². The summed E-state index contributed by atoms with van der Waals surface area (Å²) in [5.74, 6) is -0.161. The average molecular weight is 245 g/mol. The highest BCUT2D eigenvalue weighted by molar-refractivity contribution is 5.94. The Labute approximate surface area is 108 Å². The number of carbonyl (C=O) groups is 2. The van der Waals surface area contributed by atoms with Crippen LogP contribution in [0.2, 0.25) is 0 Å². The molecule has 0 spiro atoms. The van der Waals surface area contributed by atoms with Gasteiger partial charge in [-0.15, -0.1) is 0 Å². The van der Waals surface area contributed by atoms with Crippen LogP contribution >= 0.6 is 0 Å². The van der Waals surface area contributed by atoms with Crippen molar-refractivity contribution in [1.82, 2.24) is 5.32 Å². The van der Waals surface area contributed by atoms with Crippen molar-refractivity contribution in [2.45, 2.75) is 38.1 Å². The standard InChI is InChI=1S/C15H19NO2/c1-15(10-6-5-9-13(15)11-17)16-14(18)12-7-3-2-4-8-12/h2-4,7-8,11,13H,5-6,9-10H2,1H3,(H,16,18)/t13-,15-/m1/s1. The maximum absolute atomic E-state index is 12.2. The van der Waals surface area contributed by atoms with Crippen LogP contribution in [0, 0.1) is 5.92 Å². The van der Waals surface area contributed by atoms with Gasteiger partial charge in [0, 0.05) is 17.0 Å². The first kappa shape index (κ1) is 12.8. The molecule has 1 aromatic carbocycles. The molecule has 1 fully saturated rings. The first-order chi connectivity index (χ1) is 8.65. The lowest BCUT2D eigenvalue weighted by Crippen LogP contribution is -2.53. The average Bonchev–Trinajstić information content (AvgIpc) is 2.40. The Morgan fingerprint density at radius 1 is 1.33 bits per heavy atom. The van der Waals surface area contributed by atoms with Crippen LogP contribution in [0.4, 0.5) is 0 Å². The second kappa shape index (κ2) is 5.34. The van der Waals surface area contributed by atoms with Crippen molar-refractivity contribution in [2.75, 3.05) is 0 Å². The van der Waals surface area contributed by atoms with E-state index in [1.165, 1.54) is 0 Å². The van der Waals surface area contributed by atoms with Crippen molar-refractivity contribution < 1.29 is 9.59 Å². The minimum Gasteiger partial charge on any atom is -0.346 e. The zero-order valence-electron chi connectivity index (χ0n) is 10.7. The predicted molar refractivity (Wildman–Crippen MR) is 70.3 cm³/mol. The molecular weight excluding hydrogens is 226 g/mol. The summed E-state index contributed by atoms with van der Waals surface area (Å²) < 4.78 is 0. The number of hydrogen-bond donors (Lipinski definition) is 1. The molecule has 1 amide bonds. The molecule has 0 radical (unpaired) electrons. The van der Waals surface area contributed by atoms with E-state index in [9.17, 15) is 9.59 Å². The molecule has 0 heterocycles. The van der Waals surface area contributed by atoms with Crippen molar-refractivity contribution in [3.8, 4) is 0 Å². The monoisotopic (exact) mass is 245 g/mol. The minimum atomic E-state index is -0.396. The molecule has 2 rings (SSSR count). The van der Waals surface area contributed by atoms with E-state index in [2.05, 4.69) is 5.32 Å². The fourth-order valence-corrected chi connectivity index (χ4v) is 2.65. The van der Waals surface area contributed by atoms with Gasteiger partial charge in [-0.05, 0) is 31.9 Å². The predicted octanol–water partition coefficient (Wildman–Crippen LogP) is 2.56. The molecule has 1 aliphatic rings. The fraction of sp³-hybridized carbons (Fsp3) is 0.467. The van der Waals surface area contributed by atoms with Gasteiger partial charge in [-0.3, -0.25) is 4.79 Å². The molecule has 1 saturated carbocycles. The number of carbonyl (C=O) groups excluding carboxylic acids is 2. The Balaban J connectivity index is 2.12. The number of hydrogen-bond acceptors (Lipinski definition) is 2. The lowest BCUT2D eigenvalue weighted by molar-refractivity contribution is -0.114. The summed E-state index contributed by atoms with van der Waals surface area (Å²) in [4.78, 5) is 23.3. The Bertz CT molecular complexity index is 429. The van der Waals surface area contributed by atoms with E-state index in [-0.39, 0.29) is 11.8 Å². The zero-order chi connectivity index (χ0) is 13.0. The molecule has 1 aliphatic carbocycles. The van der Waals surface area contributed by atoms with E-state index < -0.39 is 5.54 Å². The summed E-state index contributed by atoms with van der Waals surface area (Å²) in [6.07, 6.45) is 4.87. The summed E-state index contributed by atoms with van der Waals surface area (Å²) in [6.45, 7) is 1.98. The molecule has 1 aromatic rings. The third-order valence-electron chi connectivity index (χ3n) is 3.88. The van der Waals surface area contributed by atoms with Crippen molar-refractivity contribution in [3.05, 3.63) is 35.9 Å². The smallest absolute Gasteiger partial charge is 0.251 e. The molecule has 3 nitrogen and oxygen atoms in total. The molecule has 96 valence electrons. The van der Waals surface area contributed by atoms with Crippen LogP contribution in [0.15, 0.2) is 30.3 Å². The van der Waals surface area contributed by atoms with Crippen LogP contribution in [0.25, 0.3) is 0 Å². The third-order valence-corrected chi connectivity index (χ3v) is 3.88. The first-order valence-electron chi connectivity index (χ1n) is 6.48. The summed E-state index contributed by atoms with van der Waals surface area (Å²) in [7, 11) is 0. The van der Waals surface area contributed by atoms with E-state index in [4.69, 9.17) is 0 Å². The van der Waals surface area contributed by atoms with Crippen molar-refractivity contribution in [1.29, 1.82) is 0 Å². The highest BCUT2D eigenvalue weighted by atomic mass is 16.2. The Morgan fingerprint density at radius 2 is 2.06 bits per heavy atom. The van der Waals surface area contributed by atoms with Gasteiger partial charge in [-0.1, -0.05) is 31.0 Å².